The fourth-order valence-electron chi connectivity index (χ4n) is 1.48. The topological polar surface area (TPSA) is 85.2 Å². The van der Waals surface area contributed by atoms with Gasteiger partial charge in [0, 0.05) is 7.11 Å². The summed E-state index contributed by atoms with van der Waals surface area (Å²) in [5, 5.41) is 18.3. The molecule has 1 rings (SSSR count). The lowest BCUT2D eigenvalue weighted by Gasteiger charge is -2.13. The summed E-state index contributed by atoms with van der Waals surface area (Å²) in [6.45, 7) is 1.21. The number of aliphatic hydroxyl groups is 1. The molecule has 0 bridgehead atoms. The van der Waals surface area contributed by atoms with Crippen molar-refractivity contribution in [2.75, 3.05) is 33.5 Å². The number of carboxylic acid groups (broad SMARTS) is 1. The van der Waals surface area contributed by atoms with E-state index in [9.17, 15) is 9.90 Å². The van der Waals surface area contributed by atoms with Crippen molar-refractivity contribution in [3.05, 3.63) is 29.8 Å². The highest BCUT2D eigenvalue weighted by molar-refractivity contribution is 5.70. The van der Waals surface area contributed by atoms with Crippen molar-refractivity contribution in [3.8, 4) is 5.75 Å². The van der Waals surface area contributed by atoms with Gasteiger partial charge in [0.1, 0.15) is 18.5 Å². The smallest absolute Gasteiger partial charge is 0.307 e. The molecule has 2 N–H and O–H groups in total. The largest absolute Gasteiger partial charge is 0.491 e. The first-order valence-corrected chi connectivity index (χ1v) is 6.30. The molecule has 6 heteroatoms. The molecule has 1 unspecified atom stereocenters. The number of methoxy groups -OCH3 is 1. The highest BCUT2D eigenvalue weighted by Crippen LogP contribution is 2.13. The number of aliphatic hydroxyl groups excluding tert-OH is 1. The zero-order valence-electron chi connectivity index (χ0n) is 11.4. The minimum atomic E-state index is -0.873. The van der Waals surface area contributed by atoms with Gasteiger partial charge in [-0.1, -0.05) is 12.1 Å². The molecule has 6 nitrogen and oxygen atoms in total. The summed E-state index contributed by atoms with van der Waals surface area (Å²) >= 11 is 0. The van der Waals surface area contributed by atoms with E-state index in [4.69, 9.17) is 19.3 Å². The highest BCUT2D eigenvalue weighted by atomic mass is 16.5. The van der Waals surface area contributed by atoms with Crippen molar-refractivity contribution >= 4 is 5.97 Å². The van der Waals surface area contributed by atoms with Crippen LogP contribution in [0.15, 0.2) is 24.3 Å². The number of hydrogen-bond donors (Lipinski definition) is 2. The Morgan fingerprint density at radius 2 is 1.90 bits per heavy atom. The molecule has 0 aliphatic rings. The molecule has 112 valence electrons. The first-order valence-electron chi connectivity index (χ1n) is 6.30. The Bertz CT molecular complexity index is 389. The van der Waals surface area contributed by atoms with Crippen LogP contribution in [0.3, 0.4) is 0 Å². The number of carbonyl (C=O) groups is 1. The summed E-state index contributed by atoms with van der Waals surface area (Å²) in [6, 6.07) is 6.73. The van der Waals surface area contributed by atoms with Gasteiger partial charge in [-0.2, -0.15) is 0 Å². The Morgan fingerprint density at radius 1 is 1.20 bits per heavy atom. The minimum absolute atomic E-state index is 0.0176. The number of carboxylic acids is 1. The van der Waals surface area contributed by atoms with Crippen molar-refractivity contribution in [2.45, 2.75) is 12.5 Å². The first kappa shape index (κ1) is 16.4. The van der Waals surface area contributed by atoms with Crippen LogP contribution in [0.4, 0.5) is 0 Å². The summed E-state index contributed by atoms with van der Waals surface area (Å²) in [4.78, 5) is 10.5. The molecular formula is C14H20O6. The molecule has 0 radical (unpaired) electrons. The minimum Gasteiger partial charge on any atom is -0.491 e. The summed E-state index contributed by atoms with van der Waals surface area (Å²) in [6.07, 6.45) is -0.735. The van der Waals surface area contributed by atoms with Crippen LogP contribution in [-0.2, 0) is 20.7 Å². The predicted octanol–water partition coefficient (Wildman–Crippen LogP) is 0.716. The molecule has 0 aromatic heterocycles. The van der Waals surface area contributed by atoms with Gasteiger partial charge < -0.3 is 24.4 Å². The maximum Gasteiger partial charge on any atom is 0.307 e. The summed E-state index contributed by atoms with van der Waals surface area (Å²) in [5.41, 5.74) is 0.702. The Morgan fingerprint density at radius 3 is 2.50 bits per heavy atom. The van der Waals surface area contributed by atoms with Gasteiger partial charge in [-0.05, 0) is 17.7 Å². The van der Waals surface area contributed by atoms with Gasteiger partial charge in [-0.25, -0.2) is 0 Å². The molecule has 0 aliphatic carbocycles. The average Bonchev–Trinajstić information content (AvgIpc) is 2.42. The van der Waals surface area contributed by atoms with Gasteiger partial charge >= 0.3 is 5.97 Å². The SMILES string of the molecule is COCCOCC(O)COc1ccc(CC(=O)O)cc1. The van der Waals surface area contributed by atoms with E-state index in [1.54, 1.807) is 31.4 Å². The van der Waals surface area contributed by atoms with Crippen molar-refractivity contribution < 1.29 is 29.2 Å². The van der Waals surface area contributed by atoms with E-state index in [1.807, 2.05) is 0 Å². The standard InChI is InChI=1S/C14H20O6/c1-18-6-7-19-9-12(15)10-20-13-4-2-11(3-5-13)8-14(16)17/h2-5,12,15H,6-10H2,1H3,(H,16,17). The lowest BCUT2D eigenvalue weighted by atomic mass is 10.1. The van der Waals surface area contributed by atoms with E-state index in [0.29, 0.717) is 24.5 Å². The molecule has 0 saturated carbocycles. The quantitative estimate of drug-likeness (QED) is 0.616. The van der Waals surface area contributed by atoms with Crippen LogP contribution in [-0.4, -0.2) is 55.8 Å². The van der Waals surface area contributed by atoms with Crippen LogP contribution in [0.25, 0.3) is 0 Å². The zero-order chi connectivity index (χ0) is 14.8. The molecule has 0 aliphatic heterocycles. The van der Waals surface area contributed by atoms with E-state index in [-0.39, 0.29) is 19.6 Å². The zero-order valence-corrected chi connectivity index (χ0v) is 11.4. The molecule has 1 aromatic carbocycles. The van der Waals surface area contributed by atoms with Crippen molar-refractivity contribution in [1.82, 2.24) is 0 Å². The number of rotatable bonds is 10. The van der Waals surface area contributed by atoms with E-state index in [0.717, 1.165) is 0 Å². The van der Waals surface area contributed by atoms with Crippen LogP contribution in [0.5, 0.6) is 5.75 Å². The monoisotopic (exact) mass is 284 g/mol. The Hall–Kier alpha value is -1.63. The molecule has 1 atom stereocenters. The van der Waals surface area contributed by atoms with Crippen molar-refractivity contribution in [2.24, 2.45) is 0 Å². The van der Waals surface area contributed by atoms with Crippen molar-refractivity contribution in [1.29, 1.82) is 0 Å². The summed E-state index contributed by atoms with van der Waals surface area (Å²) < 4.78 is 15.4. The predicted molar refractivity (Wildman–Crippen MR) is 72.0 cm³/mol. The summed E-state index contributed by atoms with van der Waals surface area (Å²) in [5.74, 6) is -0.294. The van der Waals surface area contributed by atoms with Crippen LogP contribution in [0, 0.1) is 0 Å². The van der Waals surface area contributed by atoms with E-state index in [2.05, 4.69) is 0 Å². The second kappa shape index (κ2) is 9.30. The van der Waals surface area contributed by atoms with Crippen molar-refractivity contribution in [3.63, 3.8) is 0 Å². The van der Waals surface area contributed by atoms with E-state index in [1.165, 1.54) is 0 Å². The van der Waals surface area contributed by atoms with Crippen LogP contribution in [0.2, 0.25) is 0 Å². The Labute approximate surface area is 117 Å². The number of aliphatic carboxylic acids is 1. The molecule has 20 heavy (non-hydrogen) atoms. The fourth-order valence-corrected chi connectivity index (χ4v) is 1.48. The maximum absolute atomic E-state index is 10.5. The number of benzene rings is 1. The average molecular weight is 284 g/mol. The lowest BCUT2D eigenvalue weighted by Crippen LogP contribution is -2.24. The second-order valence-electron chi connectivity index (χ2n) is 4.25. The third-order valence-electron chi connectivity index (χ3n) is 2.46. The summed E-state index contributed by atoms with van der Waals surface area (Å²) in [7, 11) is 1.58. The van der Waals surface area contributed by atoms with Gasteiger partial charge in [0.2, 0.25) is 0 Å². The molecule has 1 aromatic rings. The molecule has 0 spiro atoms. The Balaban J connectivity index is 2.25. The normalized spacial score (nSPS) is 12.1. The number of hydrogen-bond acceptors (Lipinski definition) is 5. The van der Waals surface area contributed by atoms with Crippen LogP contribution >= 0.6 is 0 Å². The second-order valence-corrected chi connectivity index (χ2v) is 4.25. The van der Waals surface area contributed by atoms with Gasteiger partial charge in [0.25, 0.3) is 0 Å². The third kappa shape index (κ3) is 7.08. The fraction of sp³-hybridized carbons (Fsp3) is 0.500. The van der Waals surface area contributed by atoms with Gasteiger partial charge in [0.15, 0.2) is 0 Å². The molecule has 0 heterocycles. The number of ether oxygens (including phenoxy) is 3. The van der Waals surface area contributed by atoms with Gasteiger partial charge in [0.05, 0.1) is 26.2 Å². The molecule has 0 saturated heterocycles. The molecule has 0 amide bonds. The van der Waals surface area contributed by atoms with Gasteiger partial charge in [-0.15, -0.1) is 0 Å². The third-order valence-corrected chi connectivity index (χ3v) is 2.46. The van der Waals surface area contributed by atoms with E-state index < -0.39 is 12.1 Å². The lowest BCUT2D eigenvalue weighted by molar-refractivity contribution is -0.136. The van der Waals surface area contributed by atoms with Crippen LogP contribution in [0.1, 0.15) is 5.56 Å². The highest BCUT2D eigenvalue weighted by Gasteiger charge is 2.06. The molecular weight excluding hydrogens is 264 g/mol. The van der Waals surface area contributed by atoms with Gasteiger partial charge in [-0.3, -0.25) is 4.79 Å². The Kier molecular flexibility index (Phi) is 7.64. The maximum atomic E-state index is 10.5. The molecule has 0 fully saturated rings. The van der Waals surface area contributed by atoms with E-state index >= 15 is 0 Å². The van der Waals surface area contributed by atoms with Crippen LogP contribution < -0.4 is 4.74 Å². The first-order chi connectivity index (χ1) is 9.61.